The zero-order valence-corrected chi connectivity index (χ0v) is 18.7. The van der Waals surface area contributed by atoms with E-state index in [9.17, 15) is 14.4 Å². The number of carboxylic acids is 1. The number of hydrogen-bond acceptors (Lipinski definition) is 6. The van der Waals surface area contributed by atoms with Crippen LogP contribution in [0.3, 0.4) is 0 Å². The molecule has 0 fully saturated rings. The van der Waals surface area contributed by atoms with Crippen LogP contribution in [-0.4, -0.2) is 53.3 Å². The van der Waals surface area contributed by atoms with Crippen molar-refractivity contribution in [3.63, 3.8) is 0 Å². The molecule has 0 spiro atoms. The Morgan fingerprint density at radius 1 is 1.06 bits per heavy atom. The Balaban J connectivity index is 1.31. The van der Waals surface area contributed by atoms with Gasteiger partial charge in [-0.25, -0.2) is 4.79 Å². The van der Waals surface area contributed by atoms with Crippen LogP contribution in [0.5, 0.6) is 0 Å². The molecule has 9 heteroatoms. The second-order valence-corrected chi connectivity index (χ2v) is 8.10. The van der Waals surface area contributed by atoms with Crippen LogP contribution in [0, 0.1) is 0 Å². The Hall–Kier alpha value is -4.14. The third-order valence-electron chi connectivity index (χ3n) is 5.78. The van der Waals surface area contributed by atoms with Crippen LogP contribution in [-0.2, 0) is 9.53 Å². The molecule has 1 aliphatic rings. The van der Waals surface area contributed by atoms with Gasteiger partial charge in [0, 0.05) is 32.0 Å². The Labute approximate surface area is 196 Å². The predicted octanol–water partition coefficient (Wildman–Crippen LogP) is 4.36. The van der Waals surface area contributed by atoms with Gasteiger partial charge in [0.05, 0.1) is 0 Å². The number of aliphatic carboxylic acids is 1. The van der Waals surface area contributed by atoms with Gasteiger partial charge in [0.25, 0.3) is 5.91 Å². The van der Waals surface area contributed by atoms with Crippen LogP contribution >= 0.6 is 0 Å². The highest BCUT2D eigenvalue weighted by Gasteiger charge is 2.29. The summed E-state index contributed by atoms with van der Waals surface area (Å²) in [5, 5.41) is 14.9. The Bertz CT molecular complexity index is 1160. The van der Waals surface area contributed by atoms with Gasteiger partial charge in [-0.05, 0) is 35.1 Å². The number of fused-ring (bicyclic) bond motifs is 3. The minimum absolute atomic E-state index is 0.000139. The first kappa shape index (κ1) is 23.0. The maximum Gasteiger partial charge on any atom is 0.414 e. The lowest BCUT2D eigenvalue weighted by Crippen LogP contribution is -2.28. The number of nitrogens with zero attached hydrogens (tertiary/aromatic N) is 2. The number of rotatable bonds is 9. The van der Waals surface area contributed by atoms with Crippen LogP contribution in [0.15, 0.2) is 59.1 Å². The van der Waals surface area contributed by atoms with Crippen molar-refractivity contribution in [2.24, 2.45) is 0 Å². The maximum absolute atomic E-state index is 12.4. The van der Waals surface area contributed by atoms with Crippen molar-refractivity contribution in [3.8, 4) is 11.1 Å². The fourth-order valence-corrected chi connectivity index (χ4v) is 4.09. The summed E-state index contributed by atoms with van der Waals surface area (Å²) in [5.74, 6) is -1.33. The Kier molecular flexibility index (Phi) is 6.91. The minimum Gasteiger partial charge on any atom is -0.481 e. The third-order valence-corrected chi connectivity index (χ3v) is 5.78. The molecule has 0 saturated heterocycles. The Morgan fingerprint density at radius 3 is 2.35 bits per heavy atom. The average Bonchev–Trinajstić information content (AvgIpc) is 3.42. The van der Waals surface area contributed by atoms with Crippen molar-refractivity contribution < 1.29 is 28.8 Å². The molecule has 0 saturated carbocycles. The van der Waals surface area contributed by atoms with E-state index in [-0.39, 0.29) is 36.4 Å². The summed E-state index contributed by atoms with van der Waals surface area (Å²) >= 11 is 0. The van der Waals surface area contributed by atoms with Crippen molar-refractivity contribution in [2.75, 3.05) is 25.5 Å². The van der Waals surface area contributed by atoms with Crippen LogP contribution in [0.1, 0.15) is 46.8 Å². The molecule has 4 rings (SSSR count). The van der Waals surface area contributed by atoms with E-state index in [1.807, 2.05) is 36.4 Å². The number of nitrogens with one attached hydrogen (secondary N) is 1. The SMILES string of the molecule is CN(CCCCC(=O)O)C(=O)c1cc(NC(=O)OCC2c3ccccc3-c3ccccc32)on1. The molecular formula is C25H25N3O6. The van der Waals surface area contributed by atoms with Crippen LogP contribution in [0.2, 0.25) is 0 Å². The average molecular weight is 463 g/mol. The number of aromatic nitrogens is 1. The topological polar surface area (TPSA) is 122 Å². The highest BCUT2D eigenvalue weighted by atomic mass is 16.6. The third kappa shape index (κ3) is 5.09. The highest BCUT2D eigenvalue weighted by molar-refractivity contribution is 5.93. The molecule has 2 aromatic carbocycles. The zero-order valence-electron chi connectivity index (χ0n) is 18.7. The monoisotopic (exact) mass is 463 g/mol. The van der Waals surface area contributed by atoms with Gasteiger partial charge in [-0.2, -0.15) is 0 Å². The number of carbonyl (C=O) groups excluding carboxylic acids is 2. The molecule has 1 aliphatic carbocycles. The maximum atomic E-state index is 12.4. The van der Waals surface area contributed by atoms with Gasteiger partial charge in [-0.3, -0.25) is 14.9 Å². The number of amides is 2. The second-order valence-electron chi connectivity index (χ2n) is 8.10. The lowest BCUT2D eigenvalue weighted by atomic mass is 9.98. The number of unbranched alkanes of at least 4 members (excludes halogenated alkanes) is 1. The molecule has 9 nitrogen and oxygen atoms in total. The molecule has 0 unspecified atom stereocenters. The number of benzene rings is 2. The minimum atomic E-state index is -0.866. The first-order valence-electron chi connectivity index (χ1n) is 11.0. The van der Waals surface area contributed by atoms with E-state index in [1.165, 1.54) is 11.0 Å². The van der Waals surface area contributed by atoms with Crippen LogP contribution in [0.25, 0.3) is 11.1 Å². The van der Waals surface area contributed by atoms with Gasteiger partial charge in [-0.15, -0.1) is 0 Å². The summed E-state index contributed by atoms with van der Waals surface area (Å²) in [6, 6.07) is 17.4. The number of hydrogen-bond donors (Lipinski definition) is 2. The standard InChI is InChI=1S/C25H25N3O6/c1-28(13-7-6-12-23(29)30)24(31)21-14-22(34-27-21)26-25(32)33-15-20-18-10-4-2-8-16(18)17-9-3-5-11-19(17)20/h2-5,8-11,14,20H,6-7,12-13,15H2,1H3,(H,26,32)(H,29,30). The molecule has 0 radical (unpaired) electrons. The number of ether oxygens (including phenoxy) is 1. The molecular weight excluding hydrogens is 438 g/mol. The molecule has 3 aromatic rings. The van der Waals surface area contributed by atoms with Gasteiger partial charge in [0.15, 0.2) is 5.69 Å². The van der Waals surface area contributed by atoms with Crippen molar-refractivity contribution in [2.45, 2.75) is 25.2 Å². The second kappa shape index (κ2) is 10.2. The van der Waals surface area contributed by atoms with E-state index in [1.54, 1.807) is 7.05 Å². The van der Waals surface area contributed by atoms with E-state index in [0.29, 0.717) is 19.4 Å². The number of carbonyl (C=O) groups is 3. The first-order chi connectivity index (χ1) is 16.4. The summed E-state index contributed by atoms with van der Waals surface area (Å²) in [6.45, 7) is 0.535. The lowest BCUT2D eigenvalue weighted by molar-refractivity contribution is -0.137. The summed E-state index contributed by atoms with van der Waals surface area (Å²) in [7, 11) is 1.59. The molecule has 34 heavy (non-hydrogen) atoms. The zero-order chi connectivity index (χ0) is 24.1. The number of anilines is 1. The van der Waals surface area contributed by atoms with Gasteiger partial charge in [-0.1, -0.05) is 53.7 Å². The normalized spacial score (nSPS) is 12.0. The van der Waals surface area contributed by atoms with E-state index in [4.69, 9.17) is 14.4 Å². The molecule has 2 N–H and O–H groups in total. The van der Waals surface area contributed by atoms with E-state index < -0.39 is 12.1 Å². The van der Waals surface area contributed by atoms with Crippen molar-refractivity contribution >= 4 is 23.9 Å². The van der Waals surface area contributed by atoms with E-state index >= 15 is 0 Å². The van der Waals surface area contributed by atoms with Crippen LogP contribution < -0.4 is 5.32 Å². The highest BCUT2D eigenvalue weighted by Crippen LogP contribution is 2.44. The fraction of sp³-hybridized carbons (Fsp3) is 0.280. The molecule has 0 atom stereocenters. The van der Waals surface area contributed by atoms with Gasteiger partial charge in [0.1, 0.15) is 6.61 Å². The quantitative estimate of drug-likeness (QED) is 0.452. The van der Waals surface area contributed by atoms with Crippen LogP contribution in [0.4, 0.5) is 10.7 Å². The smallest absolute Gasteiger partial charge is 0.414 e. The number of carboxylic acid groups (broad SMARTS) is 1. The summed E-state index contributed by atoms with van der Waals surface area (Å²) < 4.78 is 10.5. The van der Waals surface area contributed by atoms with Gasteiger partial charge < -0.3 is 19.3 Å². The molecule has 0 aliphatic heterocycles. The largest absolute Gasteiger partial charge is 0.481 e. The van der Waals surface area contributed by atoms with Crippen molar-refractivity contribution in [3.05, 3.63) is 71.4 Å². The van der Waals surface area contributed by atoms with E-state index in [0.717, 1.165) is 22.3 Å². The molecule has 0 bridgehead atoms. The predicted molar refractivity (Wildman–Crippen MR) is 124 cm³/mol. The lowest BCUT2D eigenvalue weighted by Gasteiger charge is -2.14. The summed E-state index contributed by atoms with van der Waals surface area (Å²) in [4.78, 5) is 36.8. The van der Waals surface area contributed by atoms with Gasteiger partial charge >= 0.3 is 12.1 Å². The first-order valence-corrected chi connectivity index (χ1v) is 11.0. The summed E-state index contributed by atoms with van der Waals surface area (Å²) in [6.07, 6.45) is 0.372. The molecule has 1 heterocycles. The Morgan fingerprint density at radius 2 is 1.71 bits per heavy atom. The fourth-order valence-electron chi connectivity index (χ4n) is 4.09. The van der Waals surface area contributed by atoms with E-state index in [2.05, 4.69) is 22.6 Å². The van der Waals surface area contributed by atoms with Crippen molar-refractivity contribution in [1.29, 1.82) is 0 Å². The van der Waals surface area contributed by atoms with Crippen molar-refractivity contribution in [1.82, 2.24) is 10.1 Å². The summed E-state index contributed by atoms with van der Waals surface area (Å²) in [5.41, 5.74) is 4.52. The molecule has 176 valence electrons. The molecule has 2 amide bonds. The van der Waals surface area contributed by atoms with Gasteiger partial charge in [0.2, 0.25) is 5.88 Å². The molecule has 1 aromatic heterocycles.